The van der Waals surface area contributed by atoms with Crippen LogP contribution in [0.5, 0.6) is 0 Å². The lowest BCUT2D eigenvalue weighted by Crippen LogP contribution is -1.93. The van der Waals surface area contributed by atoms with E-state index in [9.17, 15) is 0 Å². The molecule has 0 saturated carbocycles. The van der Waals surface area contributed by atoms with Crippen LogP contribution in [0.15, 0.2) is 365 Å². The maximum absolute atomic E-state index is 4.71. The van der Waals surface area contributed by atoms with Crippen LogP contribution in [0.3, 0.4) is 0 Å². The van der Waals surface area contributed by atoms with Crippen LogP contribution < -0.4 is 0 Å². The number of benzene rings is 15. The van der Waals surface area contributed by atoms with E-state index in [0.717, 1.165) is 60.3 Å². The van der Waals surface area contributed by atoms with Gasteiger partial charge in [0.25, 0.3) is 0 Å². The largest absolute Gasteiger partial charge is 0.299 e. The number of aromatic nitrogens is 10. The van der Waals surface area contributed by atoms with E-state index in [2.05, 4.69) is 376 Å². The van der Waals surface area contributed by atoms with Crippen LogP contribution in [0.4, 0.5) is 0 Å². The average molecular weight is 1980 g/mol. The Morgan fingerprint density at radius 2 is 0.400 bits per heavy atom. The van der Waals surface area contributed by atoms with Gasteiger partial charge in [0.05, 0.1) is 27.6 Å². The highest BCUT2D eigenvalue weighted by Gasteiger charge is 2.29. The van der Waals surface area contributed by atoms with E-state index >= 15 is 0 Å². The SMILES string of the molecule is CC.CC.CC.CC.CC.CC.CC.CC.CC.CC.CC.CC.CC.CC.CC.c1ccc2c(c1)Cc1c-2ccc2c1c1ccccc1n1ccnc21.c1ccc2c(c1)Cc1cc3c(cc1-2)c1ccccc1n1ccnc31.c1ccc2c(c1)Cc1cc3c4ccccc4n4ccnc4c3cc1-2.c1ccc2c(c1)Cc1ccc3c(c1-2)c1ccccc1n1ccnc31.c1ccc2c(c1)Cc1ccc3c4ccccc4n4ccnc4c3c1-2. The smallest absolute Gasteiger partial charge is 0.145 e. The van der Waals surface area contributed by atoms with Gasteiger partial charge in [-0.15, -0.1) is 0 Å². The highest BCUT2D eigenvalue weighted by Crippen LogP contribution is 2.50. The van der Waals surface area contributed by atoms with Crippen molar-refractivity contribution in [2.24, 2.45) is 0 Å². The molecule has 10 heteroatoms. The van der Waals surface area contributed by atoms with E-state index in [1.807, 2.05) is 239 Å². The van der Waals surface area contributed by atoms with Gasteiger partial charge < -0.3 is 0 Å². The Morgan fingerprint density at radius 1 is 0.153 bits per heavy atom. The normalized spacial score (nSPS) is 10.9. The predicted octanol–water partition coefficient (Wildman–Crippen LogP) is 41.5. The molecule has 0 aliphatic heterocycles. The van der Waals surface area contributed by atoms with Crippen molar-refractivity contribution in [1.82, 2.24) is 46.9 Å². The van der Waals surface area contributed by atoms with Gasteiger partial charge in [0.1, 0.15) is 28.2 Å². The number of imidazole rings is 5. The minimum Gasteiger partial charge on any atom is -0.299 e. The Hall–Kier alpha value is -15.7. The standard InChI is InChI=1S/5C22H14N2.15C2H6/c1-2-6-16-14(5-1)11-15-12-20-19(13-18(15)16)17-7-3-4-8-21(17)24-10-9-23-22(20)24;1-2-6-16-14(5-1)11-15-12-19-17-7-3-4-8-21(17)24-10-9-23-22(24)20(19)13-18(15)16;1-2-6-16-14(5-1)13-15-9-10-18-21(20(15)16)17-7-3-4-8-19(17)24-12-11-23-22(18)24;1-2-6-16-14(5-1)13-15-9-10-18-17-7-3-4-8-19(17)24-12-11-23-22(24)21(18)20(15)16;1-2-6-15-14(5-1)13-19-16(15)9-10-18-21(19)17-7-3-4-8-20(17)24-12-11-23-22(18)24;15*1-2/h2*1-10,12-13H,11H2;3*1-12H,13H2;15*1-2H3. The first-order valence-electron chi connectivity index (χ1n) is 56.5. The Bertz CT molecular complexity index is 8630. The quantitative estimate of drug-likeness (QED) is 0.141. The van der Waals surface area contributed by atoms with Crippen LogP contribution in [0.1, 0.15) is 263 Å². The second-order valence-electron chi connectivity index (χ2n) is 32.5. The molecule has 0 N–H and O–H groups in total. The van der Waals surface area contributed by atoms with Crippen LogP contribution in [0, 0.1) is 0 Å². The van der Waals surface area contributed by atoms with E-state index in [1.54, 1.807) is 0 Å². The molecule has 30 rings (SSSR count). The fourth-order valence-corrected chi connectivity index (χ4v) is 21.3. The summed E-state index contributed by atoms with van der Waals surface area (Å²) in [4.78, 5) is 23.3. The highest BCUT2D eigenvalue weighted by molar-refractivity contribution is 6.22. The second kappa shape index (κ2) is 55.9. The summed E-state index contributed by atoms with van der Waals surface area (Å²) in [5.74, 6) is 0. The monoisotopic (exact) mass is 1980 g/mol. The van der Waals surface area contributed by atoms with Crippen molar-refractivity contribution in [2.75, 3.05) is 0 Å². The summed E-state index contributed by atoms with van der Waals surface area (Å²) in [6, 6.07) is 110. The molecule has 10 heterocycles. The van der Waals surface area contributed by atoms with Gasteiger partial charge in [-0.25, -0.2) is 24.9 Å². The first-order valence-corrected chi connectivity index (χ1v) is 56.5. The number of nitrogens with zero attached hydrogens (tertiary/aromatic N) is 10. The number of hydrogen-bond acceptors (Lipinski definition) is 5. The molecule has 0 fully saturated rings. The van der Waals surface area contributed by atoms with Crippen molar-refractivity contribution in [2.45, 2.75) is 240 Å². The number of para-hydroxylation sites is 5. The summed E-state index contributed by atoms with van der Waals surface area (Å²) in [6.07, 6.45) is 24.8. The van der Waals surface area contributed by atoms with Gasteiger partial charge >= 0.3 is 0 Å². The highest BCUT2D eigenvalue weighted by atomic mass is 15.0. The van der Waals surface area contributed by atoms with Gasteiger partial charge in [0.2, 0.25) is 0 Å². The molecule has 0 atom stereocenters. The molecule has 770 valence electrons. The molecule has 10 nitrogen and oxygen atoms in total. The third kappa shape index (κ3) is 21.3. The van der Waals surface area contributed by atoms with Gasteiger partial charge in [-0.2, -0.15) is 0 Å². The van der Waals surface area contributed by atoms with Gasteiger partial charge in [-0.05, 0) is 226 Å². The Balaban J connectivity index is 0.000000167. The summed E-state index contributed by atoms with van der Waals surface area (Å²) < 4.78 is 11.0. The maximum Gasteiger partial charge on any atom is 0.145 e. The minimum atomic E-state index is 1.00. The second-order valence-corrected chi connectivity index (χ2v) is 32.5. The van der Waals surface area contributed by atoms with E-state index in [1.165, 1.54) is 220 Å². The maximum atomic E-state index is 4.71. The lowest BCUT2D eigenvalue weighted by atomic mass is 9.95. The van der Waals surface area contributed by atoms with Crippen molar-refractivity contribution in [1.29, 1.82) is 0 Å². The molecule has 5 aliphatic rings. The zero-order valence-electron chi connectivity index (χ0n) is 95.1. The lowest BCUT2D eigenvalue weighted by Gasteiger charge is -2.12. The molecule has 0 saturated heterocycles. The Kier molecular flexibility index (Phi) is 42.8. The van der Waals surface area contributed by atoms with Crippen LogP contribution >= 0.6 is 0 Å². The van der Waals surface area contributed by atoms with E-state index in [4.69, 9.17) is 4.98 Å². The summed E-state index contributed by atoms with van der Waals surface area (Å²) >= 11 is 0. The van der Waals surface area contributed by atoms with Crippen molar-refractivity contribution in [3.8, 4) is 55.6 Å². The zero-order valence-corrected chi connectivity index (χ0v) is 95.1. The van der Waals surface area contributed by atoms with Crippen molar-refractivity contribution < 1.29 is 0 Å². The third-order valence-electron chi connectivity index (χ3n) is 26.4. The third-order valence-corrected chi connectivity index (χ3v) is 26.4. The summed E-state index contributed by atoms with van der Waals surface area (Å²) in [5.41, 5.74) is 39.2. The minimum absolute atomic E-state index is 1.00. The molecule has 0 spiro atoms. The molecular formula is C140H160N10. The molecule has 150 heavy (non-hydrogen) atoms. The number of pyridine rings is 5. The van der Waals surface area contributed by atoms with Gasteiger partial charge in [-0.3, -0.25) is 22.0 Å². The Labute approximate surface area is 893 Å². The topological polar surface area (TPSA) is 86.5 Å². The van der Waals surface area contributed by atoms with Gasteiger partial charge in [0, 0.05) is 121 Å². The van der Waals surface area contributed by atoms with E-state index < -0.39 is 0 Å². The predicted molar refractivity (Wildman–Crippen MR) is 662 cm³/mol. The molecule has 5 aliphatic carbocycles. The molecular weight excluding hydrogens is 1820 g/mol. The fourth-order valence-electron chi connectivity index (χ4n) is 21.3. The molecule has 25 aromatic rings. The first kappa shape index (κ1) is 115. The lowest BCUT2D eigenvalue weighted by molar-refractivity contribution is 1.25. The molecule has 0 bridgehead atoms. The first-order chi connectivity index (χ1) is 74.5. The zero-order chi connectivity index (χ0) is 108. The number of rotatable bonds is 0. The number of fused-ring (bicyclic) bond motifs is 48. The number of hydrogen-bond donors (Lipinski definition) is 0. The summed E-state index contributed by atoms with van der Waals surface area (Å²) in [5, 5.41) is 19.3. The van der Waals surface area contributed by atoms with Crippen molar-refractivity contribution in [3.63, 3.8) is 0 Å². The Morgan fingerprint density at radius 3 is 0.800 bits per heavy atom. The summed E-state index contributed by atoms with van der Waals surface area (Å²) in [6.45, 7) is 60.0. The molecule has 0 radical (unpaired) electrons. The van der Waals surface area contributed by atoms with Crippen LogP contribution in [0.25, 0.3) is 192 Å². The molecule has 0 unspecified atom stereocenters. The van der Waals surface area contributed by atoms with Crippen molar-refractivity contribution in [3.05, 3.63) is 421 Å². The van der Waals surface area contributed by atoms with Crippen molar-refractivity contribution >= 4 is 137 Å². The fraction of sp³-hybridized carbons (Fsp3) is 0.250. The average Bonchev–Trinajstić information content (AvgIpc) is 1.48. The van der Waals surface area contributed by atoms with E-state index in [0.29, 0.717) is 0 Å². The van der Waals surface area contributed by atoms with Gasteiger partial charge in [0.15, 0.2) is 0 Å². The summed E-state index contributed by atoms with van der Waals surface area (Å²) in [7, 11) is 0. The van der Waals surface area contributed by atoms with E-state index in [-0.39, 0.29) is 0 Å². The van der Waals surface area contributed by atoms with Crippen LogP contribution in [-0.4, -0.2) is 46.9 Å². The molecule has 15 aromatic carbocycles. The molecule has 0 amide bonds. The van der Waals surface area contributed by atoms with Gasteiger partial charge in [-0.1, -0.05) is 450 Å². The molecule has 10 aromatic heterocycles. The van der Waals surface area contributed by atoms with Crippen LogP contribution in [0.2, 0.25) is 0 Å². The van der Waals surface area contributed by atoms with Crippen LogP contribution in [-0.2, 0) is 32.1 Å².